The first-order valence-electron chi connectivity index (χ1n) is 6.93. The molecule has 1 N–H and O–H groups in total. The largest absolute Gasteiger partial charge is 0.377 e. The summed E-state index contributed by atoms with van der Waals surface area (Å²) in [6.07, 6.45) is 1.94. The van der Waals surface area contributed by atoms with Crippen LogP contribution in [0.2, 0.25) is 0 Å². The van der Waals surface area contributed by atoms with Crippen LogP contribution in [-0.4, -0.2) is 41.8 Å². The Balaban J connectivity index is 2.19. The van der Waals surface area contributed by atoms with Crippen LogP contribution >= 0.6 is 0 Å². The fraction of sp³-hybridized carbons (Fsp3) is 0.714. The number of anilines is 1. The maximum atomic E-state index is 5.54. The van der Waals surface area contributed by atoms with E-state index in [2.05, 4.69) is 41.0 Å². The zero-order valence-electron chi connectivity index (χ0n) is 12.4. The van der Waals surface area contributed by atoms with Crippen molar-refractivity contribution in [2.24, 2.45) is 0 Å². The second kappa shape index (κ2) is 5.84. The minimum absolute atomic E-state index is 0.0477. The predicted octanol–water partition coefficient (Wildman–Crippen LogP) is 1.51. The van der Waals surface area contributed by atoms with E-state index in [9.17, 15) is 0 Å². The van der Waals surface area contributed by atoms with Gasteiger partial charge >= 0.3 is 0 Å². The van der Waals surface area contributed by atoms with Gasteiger partial charge in [0.1, 0.15) is 0 Å². The lowest BCUT2D eigenvalue weighted by molar-refractivity contribution is 0.0633. The fourth-order valence-corrected chi connectivity index (χ4v) is 2.27. The van der Waals surface area contributed by atoms with Crippen molar-refractivity contribution in [3.8, 4) is 0 Å². The molecular weight excluding hydrogens is 240 g/mol. The average molecular weight is 264 g/mol. The van der Waals surface area contributed by atoms with E-state index < -0.39 is 0 Å². The minimum atomic E-state index is -0.0477. The van der Waals surface area contributed by atoms with Crippen LogP contribution in [0.15, 0.2) is 6.20 Å². The molecule has 0 spiro atoms. The number of nitrogens with zero attached hydrogens (tertiary/aromatic N) is 3. The third kappa shape index (κ3) is 3.22. The van der Waals surface area contributed by atoms with Crippen LogP contribution in [0.4, 0.5) is 5.95 Å². The maximum absolute atomic E-state index is 5.54. The number of morpholine rings is 1. The fourth-order valence-electron chi connectivity index (χ4n) is 2.27. The van der Waals surface area contributed by atoms with Gasteiger partial charge in [0.25, 0.3) is 0 Å². The zero-order valence-corrected chi connectivity index (χ0v) is 12.4. The van der Waals surface area contributed by atoms with Crippen LogP contribution in [0.25, 0.3) is 0 Å². The van der Waals surface area contributed by atoms with Gasteiger partial charge in [0.15, 0.2) is 0 Å². The molecule has 2 rings (SSSR count). The average Bonchev–Trinajstić information content (AvgIpc) is 2.37. The summed E-state index contributed by atoms with van der Waals surface area (Å²) in [6.45, 7) is 12.6. The van der Waals surface area contributed by atoms with Crippen molar-refractivity contribution in [2.75, 3.05) is 31.2 Å². The molecule has 1 aliphatic heterocycles. The van der Waals surface area contributed by atoms with Crippen molar-refractivity contribution in [1.82, 2.24) is 15.3 Å². The van der Waals surface area contributed by atoms with Crippen LogP contribution in [-0.2, 0) is 11.3 Å². The molecule has 5 heteroatoms. The predicted molar refractivity (Wildman–Crippen MR) is 76.4 cm³/mol. The van der Waals surface area contributed by atoms with Gasteiger partial charge in [-0.1, -0.05) is 6.92 Å². The van der Waals surface area contributed by atoms with Gasteiger partial charge in [0.05, 0.1) is 18.8 Å². The Morgan fingerprint density at radius 1 is 1.47 bits per heavy atom. The number of aromatic nitrogens is 2. The first-order valence-corrected chi connectivity index (χ1v) is 6.93. The third-order valence-corrected chi connectivity index (χ3v) is 3.52. The molecule has 0 unspecified atom stereocenters. The zero-order chi connectivity index (χ0) is 13.9. The summed E-state index contributed by atoms with van der Waals surface area (Å²) in [5, 5.41) is 3.31. The highest BCUT2D eigenvalue weighted by atomic mass is 16.5. The molecule has 0 atom stereocenters. The van der Waals surface area contributed by atoms with Crippen LogP contribution in [0.3, 0.4) is 0 Å². The molecule has 0 amide bonds. The van der Waals surface area contributed by atoms with Crippen LogP contribution in [0.1, 0.15) is 32.0 Å². The Morgan fingerprint density at radius 2 is 2.26 bits per heavy atom. The molecule has 1 aliphatic rings. The van der Waals surface area contributed by atoms with Crippen molar-refractivity contribution in [3.05, 3.63) is 17.5 Å². The SMILES string of the molecule is CCNCc1cnc(N2CCOCC2(C)C)nc1C. The first-order chi connectivity index (χ1) is 9.04. The molecule has 0 saturated carbocycles. The molecule has 0 aliphatic carbocycles. The first kappa shape index (κ1) is 14.2. The summed E-state index contributed by atoms with van der Waals surface area (Å²) in [5.74, 6) is 0.811. The number of hydrogen-bond acceptors (Lipinski definition) is 5. The molecular formula is C14H24N4O. The van der Waals surface area contributed by atoms with E-state index in [-0.39, 0.29) is 5.54 Å². The van der Waals surface area contributed by atoms with E-state index in [4.69, 9.17) is 4.74 Å². The summed E-state index contributed by atoms with van der Waals surface area (Å²) in [5.41, 5.74) is 2.17. The van der Waals surface area contributed by atoms with Crippen molar-refractivity contribution < 1.29 is 4.74 Å². The molecule has 1 fully saturated rings. The van der Waals surface area contributed by atoms with E-state index in [1.165, 1.54) is 0 Å². The number of ether oxygens (including phenoxy) is 1. The quantitative estimate of drug-likeness (QED) is 0.893. The Morgan fingerprint density at radius 3 is 2.89 bits per heavy atom. The normalized spacial score (nSPS) is 18.6. The lowest BCUT2D eigenvalue weighted by Crippen LogP contribution is -2.53. The highest BCUT2D eigenvalue weighted by Gasteiger charge is 2.32. The third-order valence-electron chi connectivity index (χ3n) is 3.52. The molecule has 1 aromatic rings. The standard InChI is InChI=1S/C14H24N4O/c1-5-15-8-12-9-16-13(17-11(12)2)18-6-7-19-10-14(18,3)4/h9,15H,5-8,10H2,1-4H3. The van der Waals surface area contributed by atoms with Gasteiger partial charge in [-0.25, -0.2) is 9.97 Å². The van der Waals surface area contributed by atoms with Crippen molar-refractivity contribution in [3.63, 3.8) is 0 Å². The number of nitrogens with one attached hydrogen (secondary N) is 1. The van der Waals surface area contributed by atoms with Gasteiger partial charge in [-0.3, -0.25) is 0 Å². The molecule has 0 bridgehead atoms. The van der Waals surface area contributed by atoms with Gasteiger partial charge in [-0.15, -0.1) is 0 Å². The monoisotopic (exact) mass is 264 g/mol. The van der Waals surface area contributed by atoms with E-state index in [0.717, 1.165) is 43.4 Å². The summed E-state index contributed by atoms with van der Waals surface area (Å²) in [6, 6.07) is 0. The highest BCUT2D eigenvalue weighted by molar-refractivity contribution is 5.37. The Labute approximate surface area is 115 Å². The van der Waals surface area contributed by atoms with Crippen molar-refractivity contribution in [2.45, 2.75) is 39.8 Å². The Kier molecular flexibility index (Phi) is 4.37. The smallest absolute Gasteiger partial charge is 0.226 e. The molecule has 0 radical (unpaired) electrons. The van der Waals surface area contributed by atoms with Crippen molar-refractivity contribution >= 4 is 5.95 Å². The maximum Gasteiger partial charge on any atom is 0.226 e. The van der Waals surface area contributed by atoms with Gasteiger partial charge in [-0.2, -0.15) is 0 Å². The second-order valence-electron chi connectivity index (χ2n) is 5.58. The molecule has 106 valence electrons. The molecule has 0 aromatic carbocycles. The number of hydrogen-bond donors (Lipinski definition) is 1. The topological polar surface area (TPSA) is 50.3 Å². The molecule has 2 heterocycles. The van der Waals surface area contributed by atoms with E-state index in [1.54, 1.807) is 0 Å². The summed E-state index contributed by atoms with van der Waals surface area (Å²) in [4.78, 5) is 11.4. The van der Waals surface area contributed by atoms with Crippen molar-refractivity contribution in [1.29, 1.82) is 0 Å². The number of rotatable bonds is 4. The van der Waals surface area contributed by atoms with E-state index in [1.807, 2.05) is 13.1 Å². The van der Waals surface area contributed by atoms with Crippen LogP contribution in [0.5, 0.6) is 0 Å². The van der Waals surface area contributed by atoms with Crippen LogP contribution in [0, 0.1) is 6.92 Å². The van der Waals surface area contributed by atoms with Gasteiger partial charge in [0.2, 0.25) is 5.95 Å². The summed E-state index contributed by atoms with van der Waals surface area (Å²) < 4.78 is 5.54. The molecule has 1 aromatic heterocycles. The summed E-state index contributed by atoms with van der Waals surface area (Å²) in [7, 11) is 0. The van der Waals surface area contributed by atoms with E-state index >= 15 is 0 Å². The summed E-state index contributed by atoms with van der Waals surface area (Å²) >= 11 is 0. The lowest BCUT2D eigenvalue weighted by atomic mass is 10.0. The second-order valence-corrected chi connectivity index (χ2v) is 5.58. The number of aryl methyl sites for hydroxylation is 1. The lowest BCUT2D eigenvalue weighted by Gasteiger charge is -2.42. The van der Waals surface area contributed by atoms with Crippen LogP contribution < -0.4 is 10.2 Å². The molecule has 1 saturated heterocycles. The van der Waals surface area contributed by atoms with Gasteiger partial charge < -0.3 is 15.0 Å². The highest BCUT2D eigenvalue weighted by Crippen LogP contribution is 2.24. The Hall–Kier alpha value is -1.20. The molecule has 19 heavy (non-hydrogen) atoms. The van der Waals surface area contributed by atoms with Gasteiger partial charge in [-0.05, 0) is 27.3 Å². The minimum Gasteiger partial charge on any atom is -0.377 e. The molecule has 5 nitrogen and oxygen atoms in total. The Bertz CT molecular complexity index is 433. The van der Waals surface area contributed by atoms with E-state index in [0.29, 0.717) is 6.61 Å². The van der Waals surface area contributed by atoms with Gasteiger partial charge in [0, 0.05) is 30.5 Å².